The zero-order chi connectivity index (χ0) is 15.2. The molecule has 0 spiro atoms. The first-order valence-electron chi connectivity index (χ1n) is 7.23. The normalized spacial score (nSPS) is 17.9. The average Bonchev–Trinajstić information content (AvgIpc) is 3.02. The zero-order valence-corrected chi connectivity index (χ0v) is 13.0. The maximum Gasteiger partial charge on any atom is 0.124 e. The van der Waals surface area contributed by atoms with Crippen LogP contribution in [0.5, 0.6) is 11.5 Å². The molecule has 1 aromatic carbocycles. The smallest absolute Gasteiger partial charge is 0.124 e. The summed E-state index contributed by atoms with van der Waals surface area (Å²) in [5.41, 5.74) is 1.13. The van der Waals surface area contributed by atoms with Gasteiger partial charge in [0, 0.05) is 56.0 Å². The predicted octanol–water partition coefficient (Wildman–Crippen LogP) is 2.13. The summed E-state index contributed by atoms with van der Waals surface area (Å²) < 4.78 is 10.7. The Kier molecular flexibility index (Phi) is 5.29. The van der Waals surface area contributed by atoms with Crippen molar-refractivity contribution < 1.29 is 9.47 Å². The van der Waals surface area contributed by atoms with Gasteiger partial charge < -0.3 is 19.3 Å². The lowest BCUT2D eigenvalue weighted by molar-refractivity contribution is 0.264. The maximum absolute atomic E-state index is 8.69. The number of hydrogen-bond donors (Lipinski definition) is 0. The number of nitriles is 1. The molecular weight excluding hydrogens is 266 g/mol. The first-order chi connectivity index (χ1) is 10.2. The monoisotopic (exact) mass is 289 g/mol. The number of likely N-dealkylation sites (N-methyl/N-ethyl adjacent to an activating group) is 1. The number of hydrogen-bond acceptors (Lipinski definition) is 5. The lowest BCUT2D eigenvalue weighted by Gasteiger charge is -2.25. The number of methoxy groups -OCH3 is 2. The van der Waals surface area contributed by atoms with Gasteiger partial charge in [-0.15, -0.1) is 0 Å². The first kappa shape index (κ1) is 15.5. The molecule has 1 aromatic rings. The minimum Gasteiger partial charge on any atom is -0.497 e. The molecule has 0 amide bonds. The Bertz CT molecular complexity index is 490. The van der Waals surface area contributed by atoms with E-state index in [1.165, 1.54) is 0 Å². The Hall–Kier alpha value is -1.93. The Morgan fingerprint density at radius 1 is 1.29 bits per heavy atom. The van der Waals surface area contributed by atoms with Crippen LogP contribution in [0.2, 0.25) is 0 Å². The van der Waals surface area contributed by atoms with Crippen molar-refractivity contribution in [2.24, 2.45) is 0 Å². The molecule has 5 nitrogen and oxygen atoms in total. The molecule has 1 saturated heterocycles. The Labute approximate surface area is 126 Å². The van der Waals surface area contributed by atoms with Gasteiger partial charge in [-0.1, -0.05) is 0 Å². The van der Waals surface area contributed by atoms with Gasteiger partial charge in [-0.2, -0.15) is 5.26 Å². The van der Waals surface area contributed by atoms with Gasteiger partial charge in [-0.25, -0.2) is 0 Å². The molecule has 1 atom stereocenters. The topological polar surface area (TPSA) is 48.7 Å². The van der Waals surface area contributed by atoms with Crippen LogP contribution in [-0.2, 0) is 0 Å². The van der Waals surface area contributed by atoms with Crippen LogP contribution in [0.3, 0.4) is 0 Å². The van der Waals surface area contributed by atoms with Crippen LogP contribution in [0.4, 0.5) is 5.69 Å². The molecule has 1 aliphatic heterocycles. The minimum atomic E-state index is 0.496. The van der Waals surface area contributed by atoms with E-state index in [4.69, 9.17) is 14.7 Å². The highest BCUT2D eigenvalue weighted by Gasteiger charge is 2.26. The van der Waals surface area contributed by atoms with Crippen molar-refractivity contribution in [3.8, 4) is 17.6 Å². The molecule has 2 rings (SSSR count). The lowest BCUT2D eigenvalue weighted by atomic mass is 10.2. The molecular formula is C16H23N3O2. The van der Waals surface area contributed by atoms with Crippen LogP contribution in [0.15, 0.2) is 18.2 Å². The molecule has 0 radical (unpaired) electrons. The Morgan fingerprint density at radius 2 is 1.95 bits per heavy atom. The number of rotatable bonds is 6. The summed E-state index contributed by atoms with van der Waals surface area (Å²) in [5, 5.41) is 8.69. The van der Waals surface area contributed by atoms with Crippen molar-refractivity contribution in [3.05, 3.63) is 18.2 Å². The van der Waals surface area contributed by atoms with Crippen molar-refractivity contribution in [2.75, 3.05) is 45.8 Å². The molecule has 0 N–H and O–H groups in total. The fourth-order valence-electron chi connectivity index (χ4n) is 2.72. The molecule has 0 unspecified atom stereocenters. The zero-order valence-electron chi connectivity index (χ0n) is 13.0. The summed E-state index contributed by atoms with van der Waals surface area (Å²) in [6.07, 6.45) is 1.70. The quantitative estimate of drug-likeness (QED) is 0.803. The van der Waals surface area contributed by atoms with E-state index in [0.717, 1.165) is 43.2 Å². The highest BCUT2D eigenvalue weighted by Crippen LogP contribution is 2.31. The van der Waals surface area contributed by atoms with Crippen molar-refractivity contribution in [1.29, 1.82) is 5.26 Å². The van der Waals surface area contributed by atoms with Crippen LogP contribution in [-0.4, -0.2) is 51.8 Å². The van der Waals surface area contributed by atoms with Gasteiger partial charge in [0.05, 0.1) is 20.3 Å². The number of benzene rings is 1. The third kappa shape index (κ3) is 3.79. The minimum absolute atomic E-state index is 0.496. The second kappa shape index (κ2) is 7.19. The second-order valence-electron chi connectivity index (χ2n) is 5.35. The van der Waals surface area contributed by atoms with E-state index >= 15 is 0 Å². The number of ether oxygens (including phenoxy) is 2. The summed E-state index contributed by atoms with van der Waals surface area (Å²) in [6, 6.07) is 8.67. The Morgan fingerprint density at radius 3 is 2.52 bits per heavy atom. The molecule has 1 heterocycles. The lowest BCUT2D eigenvalue weighted by Crippen LogP contribution is -2.35. The van der Waals surface area contributed by atoms with E-state index in [0.29, 0.717) is 12.5 Å². The highest BCUT2D eigenvalue weighted by atomic mass is 16.5. The molecule has 5 heteroatoms. The summed E-state index contributed by atoms with van der Waals surface area (Å²) in [6.45, 7) is 2.81. The van der Waals surface area contributed by atoms with E-state index in [1.54, 1.807) is 14.2 Å². The molecule has 0 aromatic heterocycles. The average molecular weight is 289 g/mol. The molecule has 0 saturated carbocycles. The fraction of sp³-hybridized carbons (Fsp3) is 0.562. The third-order valence-corrected chi connectivity index (χ3v) is 4.06. The summed E-state index contributed by atoms with van der Waals surface area (Å²) in [5.74, 6) is 1.62. The van der Waals surface area contributed by atoms with Crippen LogP contribution in [0, 0.1) is 11.3 Å². The van der Waals surface area contributed by atoms with E-state index < -0.39 is 0 Å². The molecule has 0 bridgehead atoms. The van der Waals surface area contributed by atoms with E-state index in [-0.39, 0.29) is 0 Å². The van der Waals surface area contributed by atoms with Crippen molar-refractivity contribution in [2.45, 2.75) is 18.9 Å². The summed E-state index contributed by atoms with van der Waals surface area (Å²) >= 11 is 0. The summed E-state index contributed by atoms with van der Waals surface area (Å²) in [4.78, 5) is 4.62. The van der Waals surface area contributed by atoms with Gasteiger partial charge in [0.15, 0.2) is 0 Å². The number of anilines is 1. The van der Waals surface area contributed by atoms with Crippen molar-refractivity contribution in [3.63, 3.8) is 0 Å². The third-order valence-electron chi connectivity index (χ3n) is 4.06. The van der Waals surface area contributed by atoms with Gasteiger partial charge in [0.1, 0.15) is 11.5 Å². The van der Waals surface area contributed by atoms with Crippen molar-refractivity contribution >= 4 is 5.69 Å². The second-order valence-corrected chi connectivity index (χ2v) is 5.35. The maximum atomic E-state index is 8.69. The van der Waals surface area contributed by atoms with Crippen molar-refractivity contribution in [1.82, 2.24) is 4.90 Å². The molecule has 0 aliphatic carbocycles. The Balaban J connectivity index is 2.05. The van der Waals surface area contributed by atoms with Gasteiger partial charge >= 0.3 is 0 Å². The van der Waals surface area contributed by atoms with Gasteiger partial charge in [0.2, 0.25) is 0 Å². The van der Waals surface area contributed by atoms with Gasteiger partial charge in [-0.05, 0) is 13.5 Å². The van der Waals surface area contributed by atoms with Gasteiger partial charge in [0.25, 0.3) is 0 Å². The molecule has 114 valence electrons. The van der Waals surface area contributed by atoms with Crippen LogP contribution in [0.25, 0.3) is 0 Å². The first-order valence-corrected chi connectivity index (χ1v) is 7.23. The van der Waals surface area contributed by atoms with E-state index in [2.05, 4.69) is 22.9 Å². The predicted molar refractivity (Wildman–Crippen MR) is 83.0 cm³/mol. The van der Waals surface area contributed by atoms with Gasteiger partial charge in [-0.3, -0.25) is 0 Å². The van der Waals surface area contributed by atoms with Crippen LogP contribution < -0.4 is 14.4 Å². The molecule has 1 fully saturated rings. The number of nitrogens with zero attached hydrogens (tertiary/aromatic N) is 3. The standard InChI is InChI=1S/C16H23N3O2/c1-18(7-4-6-17)13-5-8-19(12-13)14-9-15(20-2)11-16(10-14)21-3/h9-11,13H,4-5,7-8,12H2,1-3H3/t13-/m0/s1. The van der Waals surface area contributed by atoms with E-state index in [9.17, 15) is 0 Å². The largest absolute Gasteiger partial charge is 0.497 e. The molecule has 21 heavy (non-hydrogen) atoms. The van der Waals surface area contributed by atoms with Crippen LogP contribution >= 0.6 is 0 Å². The van der Waals surface area contributed by atoms with E-state index in [1.807, 2.05) is 18.2 Å². The highest BCUT2D eigenvalue weighted by molar-refractivity contribution is 5.56. The SMILES string of the molecule is COc1cc(OC)cc(N2CC[C@H](N(C)CCC#N)C2)c1. The molecule has 1 aliphatic rings. The summed E-state index contributed by atoms with van der Waals surface area (Å²) in [7, 11) is 5.43. The van der Waals surface area contributed by atoms with Crippen LogP contribution in [0.1, 0.15) is 12.8 Å². The fourth-order valence-corrected chi connectivity index (χ4v) is 2.72.